The second kappa shape index (κ2) is 8.01. The smallest absolute Gasteiger partial charge is 0.125 e. The van der Waals surface area contributed by atoms with E-state index >= 15 is 0 Å². The van der Waals surface area contributed by atoms with Crippen LogP contribution in [-0.4, -0.2) is 33.4 Å². The standard InChI is InChI=1S/C18H24ClN3O2/c1-22-12-21-11-15(22)10-20-9-13-3-2-4-17(18(13)23)24-16-7-5-14(19)6-8-16/h5-8,11-13,17-18,20,23H,2-4,9-10H2,1H3/t13-,17-,18-/m1/s1. The number of aryl methyl sites for hydroxylation is 1. The Morgan fingerprint density at radius 2 is 2.12 bits per heavy atom. The molecular weight excluding hydrogens is 326 g/mol. The van der Waals surface area contributed by atoms with Crippen molar-refractivity contribution in [3.8, 4) is 5.75 Å². The number of imidazole rings is 1. The highest BCUT2D eigenvalue weighted by Crippen LogP contribution is 2.28. The van der Waals surface area contributed by atoms with Crippen LogP contribution < -0.4 is 10.1 Å². The van der Waals surface area contributed by atoms with Crippen molar-refractivity contribution < 1.29 is 9.84 Å². The monoisotopic (exact) mass is 349 g/mol. The minimum Gasteiger partial charge on any atom is -0.488 e. The molecular formula is C18H24ClN3O2. The van der Waals surface area contributed by atoms with Gasteiger partial charge in [0.2, 0.25) is 0 Å². The van der Waals surface area contributed by atoms with Gasteiger partial charge < -0.3 is 19.7 Å². The lowest BCUT2D eigenvalue weighted by atomic mass is 9.84. The molecule has 3 rings (SSSR count). The number of halogens is 1. The van der Waals surface area contributed by atoms with Crippen molar-refractivity contribution in [1.29, 1.82) is 0 Å². The van der Waals surface area contributed by atoms with Crippen LogP contribution in [0.5, 0.6) is 5.75 Å². The van der Waals surface area contributed by atoms with E-state index < -0.39 is 6.10 Å². The van der Waals surface area contributed by atoms with Crippen LogP contribution in [0.25, 0.3) is 0 Å². The summed E-state index contributed by atoms with van der Waals surface area (Å²) in [4.78, 5) is 4.11. The molecule has 3 atom stereocenters. The fourth-order valence-electron chi connectivity index (χ4n) is 3.21. The molecule has 1 aromatic carbocycles. The van der Waals surface area contributed by atoms with Crippen molar-refractivity contribution in [2.45, 2.75) is 38.0 Å². The summed E-state index contributed by atoms with van der Waals surface area (Å²) in [6.45, 7) is 1.52. The first-order valence-electron chi connectivity index (χ1n) is 8.39. The normalized spacial score (nSPS) is 24.0. The molecule has 5 nitrogen and oxygen atoms in total. The van der Waals surface area contributed by atoms with E-state index in [1.54, 1.807) is 18.5 Å². The summed E-state index contributed by atoms with van der Waals surface area (Å²) in [7, 11) is 1.98. The van der Waals surface area contributed by atoms with E-state index in [4.69, 9.17) is 16.3 Å². The molecule has 0 unspecified atom stereocenters. The maximum absolute atomic E-state index is 10.6. The van der Waals surface area contributed by atoms with Gasteiger partial charge in [-0.05, 0) is 43.5 Å². The van der Waals surface area contributed by atoms with E-state index in [1.165, 1.54) is 0 Å². The van der Waals surface area contributed by atoms with E-state index in [0.717, 1.165) is 43.8 Å². The Labute approximate surface area is 147 Å². The molecule has 1 saturated carbocycles. The van der Waals surface area contributed by atoms with E-state index in [-0.39, 0.29) is 12.0 Å². The third-order valence-corrected chi connectivity index (χ3v) is 4.91. The maximum atomic E-state index is 10.6. The van der Waals surface area contributed by atoms with Gasteiger partial charge in [-0.3, -0.25) is 0 Å². The lowest BCUT2D eigenvalue weighted by molar-refractivity contribution is -0.0306. The molecule has 0 spiro atoms. The average Bonchev–Trinajstić information content (AvgIpc) is 2.98. The number of aliphatic hydroxyl groups is 1. The Morgan fingerprint density at radius 1 is 1.33 bits per heavy atom. The molecule has 1 aliphatic rings. The number of rotatable bonds is 6. The van der Waals surface area contributed by atoms with Crippen molar-refractivity contribution in [2.75, 3.05) is 6.54 Å². The number of hydrogen-bond acceptors (Lipinski definition) is 4. The van der Waals surface area contributed by atoms with Crippen LogP contribution in [-0.2, 0) is 13.6 Å². The summed E-state index contributed by atoms with van der Waals surface area (Å²) < 4.78 is 7.97. The largest absolute Gasteiger partial charge is 0.488 e. The fourth-order valence-corrected chi connectivity index (χ4v) is 3.33. The van der Waals surface area contributed by atoms with Crippen LogP contribution in [0, 0.1) is 5.92 Å². The Bertz CT molecular complexity index is 644. The van der Waals surface area contributed by atoms with Crippen LogP contribution >= 0.6 is 11.6 Å². The molecule has 130 valence electrons. The van der Waals surface area contributed by atoms with Crippen molar-refractivity contribution in [3.63, 3.8) is 0 Å². The molecule has 1 aromatic heterocycles. The lowest BCUT2D eigenvalue weighted by Gasteiger charge is -2.35. The van der Waals surface area contributed by atoms with Crippen molar-refractivity contribution in [3.05, 3.63) is 47.5 Å². The van der Waals surface area contributed by atoms with Crippen LogP contribution in [0.15, 0.2) is 36.8 Å². The highest BCUT2D eigenvalue weighted by Gasteiger charge is 2.33. The molecule has 0 amide bonds. The molecule has 2 aromatic rings. The lowest BCUT2D eigenvalue weighted by Crippen LogP contribution is -2.44. The number of nitrogens with one attached hydrogen (secondary N) is 1. The number of aromatic nitrogens is 2. The topological polar surface area (TPSA) is 59.3 Å². The van der Waals surface area contributed by atoms with Gasteiger partial charge >= 0.3 is 0 Å². The molecule has 1 aliphatic carbocycles. The van der Waals surface area contributed by atoms with Gasteiger partial charge in [-0.15, -0.1) is 0 Å². The molecule has 24 heavy (non-hydrogen) atoms. The van der Waals surface area contributed by atoms with Gasteiger partial charge in [-0.2, -0.15) is 0 Å². The van der Waals surface area contributed by atoms with Gasteiger partial charge in [0.25, 0.3) is 0 Å². The third-order valence-electron chi connectivity index (χ3n) is 4.66. The van der Waals surface area contributed by atoms with E-state index in [1.807, 2.05) is 29.9 Å². The first kappa shape index (κ1) is 17.3. The highest BCUT2D eigenvalue weighted by atomic mass is 35.5. The van der Waals surface area contributed by atoms with E-state index in [9.17, 15) is 5.11 Å². The second-order valence-corrected chi connectivity index (χ2v) is 6.86. The first-order valence-corrected chi connectivity index (χ1v) is 8.77. The summed E-state index contributed by atoms with van der Waals surface area (Å²) in [6.07, 6.45) is 5.98. The molecule has 1 heterocycles. The number of nitrogens with zero attached hydrogens (tertiary/aromatic N) is 2. The van der Waals surface area contributed by atoms with Crippen molar-refractivity contribution in [2.24, 2.45) is 13.0 Å². The quantitative estimate of drug-likeness (QED) is 0.842. The van der Waals surface area contributed by atoms with E-state index in [0.29, 0.717) is 5.02 Å². The number of benzene rings is 1. The first-order chi connectivity index (χ1) is 11.6. The highest BCUT2D eigenvalue weighted by molar-refractivity contribution is 6.30. The zero-order valence-electron chi connectivity index (χ0n) is 13.9. The number of hydrogen-bond donors (Lipinski definition) is 2. The van der Waals surface area contributed by atoms with Crippen molar-refractivity contribution >= 4 is 11.6 Å². The van der Waals surface area contributed by atoms with E-state index in [2.05, 4.69) is 10.3 Å². The molecule has 1 fully saturated rings. The van der Waals surface area contributed by atoms with Gasteiger partial charge in [0.05, 0.1) is 18.1 Å². The van der Waals surface area contributed by atoms with Gasteiger partial charge in [-0.25, -0.2) is 4.98 Å². The summed E-state index contributed by atoms with van der Waals surface area (Å²) in [5.74, 6) is 0.955. The number of aliphatic hydroxyl groups excluding tert-OH is 1. The Kier molecular flexibility index (Phi) is 5.76. The van der Waals surface area contributed by atoms with Crippen LogP contribution in [0.3, 0.4) is 0 Å². The zero-order valence-corrected chi connectivity index (χ0v) is 14.6. The summed E-state index contributed by atoms with van der Waals surface area (Å²) >= 11 is 5.90. The predicted octanol–water partition coefficient (Wildman–Crippen LogP) is 2.77. The van der Waals surface area contributed by atoms with Crippen LogP contribution in [0.2, 0.25) is 5.02 Å². The molecule has 0 radical (unpaired) electrons. The number of ether oxygens (including phenoxy) is 1. The second-order valence-electron chi connectivity index (χ2n) is 6.42. The van der Waals surface area contributed by atoms with Crippen LogP contribution in [0.1, 0.15) is 25.0 Å². The Balaban J connectivity index is 1.51. The van der Waals surface area contributed by atoms with Gasteiger partial charge in [0.15, 0.2) is 0 Å². The average molecular weight is 350 g/mol. The summed E-state index contributed by atoms with van der Waals surface area (Å²) in [6, 6.07) is 7.30. The van der Waals surface area contributed by atoms with Gasteiger partial charge in [0.1, 0.15) is 11.9 Å². The Morgan fingerprint density at radius 3 is 2.83 bits per heavy atom. The summed E-state index contributed by atoms with van der Waals surface area (Å²) in [5.41, 5.74) is 1.13. The molecule has 0 bridgehead atoms. The minimum absolute atomic E-state index is 0.163. The fraction of sp³-hybridized carbons (Fsp3) is 0.500. The predicted molar refractivity (Wildman–Crippen MR) is 94.1 cm³/mol. The third kappa shape index (κ3) is 4.29. The molecule has 0 aliphatic heterocycles. The van der Waals surface area contributed by atoms with Gasteiger partial charge in [0, 0.05) is 37.3 Å². The molecule has 6 heteroatoms. The van der Waals surface area contributed by atoms with Crippen molar-refractivity contribution in [1.82, 2.24) is 14.9 Å². The minimum atomic E-state index is -0.464. The van der Waals surface area contributed by atoms with Gasteiger partial charge in [-0.1, -0.05) is 11.6 Å². The SMILES string of the molecule is Cn1cncc1CNC[C@H]1CCC[C@@H](Oc2ccc(Cl)cc2)[C@@H]1O. The summed E-state index contributed by atoms with van der Waals surface area (Å²) in [5, 5.41) is 14.8. The maximum Gasteiger partial charge on any atom is 0.125 e. The molecule has 0 saturated heterocycles. The zero-order chi connectivity index (χ0) is 16.9. The Hall–Kier alpha value is -1.56. The van der Waals surface area contributed by atoms with Crippen LogP contribution in [0.4, 0.5) is 0 Å². The molecule has 2 N–H and O–H groups in total.